The Morgan fingerprint density at radius 2 is 2.10 bits per heavy atom. The van der Waals surface area contributed by atoms with Crippen LogP contribution < -0.4 is 9.64 Å². The van der Waals surface area contributed by atoms with E-state index < -0.39 is 6.04 Å². The molecule has 1 unspecified atom stereocenters. The lowest BCUT2D eigenvalue weighted by Gasteiger charge is -2.28. The topological polar surface area (TPSA) is 55.8 Å². The second kappa shape index (κ2) is 5.76. The highest BCUT2D eigenvalue weighted by Gasteiger charge is 2.42. The van der Waals surface area contributed by atoms with Gasteiger partial charge in [0, 0.05) is 12.3 Å². The molecule has 1 aromatic carbocycles. The number of ether oxygens (including phenoxy) is 2. The first-order valence-electron chi connectivity index (χ1n) is 7.44. The third-order valence-electron chi connectivity index (χ3n) is 3.81. The van der Waals surface area contributed by atoms with E-state index in [2.05, 4.69) is 0 Å². The van der Waals surface area contributed by atoms with E-state index in [0.29, 0.717) is 31.1 Å². The number of carbonyl (C=O) groups excluding carboxylic acids is 2. The SMILES string of the molecule is CCOc1ccccc1N(C(=O)C1CC1)C1CCOC1=O. The monoisotopic (exact) mass is 289 g/mol. The maximum absolute atomic E-state index is 12.7. The number of carbonyl (C=O) groups is 2. The van der Waals surface area contributed by atoms with Crippen LogP contribution in [0.2, 0.25) is 0 Å². The summed E-state index contributed by atoms with van der Waals surface area (Å²) in [5.74, 6) is 0.350. The molecule has 112 valence electrons. The van der Waals surface area contributed by atoms with E-state index in [1.54, 1.807) is 4.90 Å². The summed E-state index contributed by atoms with van der Waals surface area (Å²) in [5.41, 5.74) is 0.667. The Morgan fingerprint density at radius 1 is 1.33 bits per heavy atom. The number of esters is 1. The molecule has 21 heavy (non-hydrogen) atoms. The van der Waals surface area contributed by atoms with Gasteiger partial charge in [0.1, 0.15) is 11.8 Å². The first-order chi connectivity index (χ1) is 10.2. The van der Waals surface area contributed by atoms with E-state index >= 15 is 0 Å². The summed E-state index contributed by atoms with van der Waals surface area (Å²) in [6.45, 7) is 2.78. The van der Waals surface area contributed by atoms with Crippen molar-refractivity contribution in [2.75, 3.05) is 18.1 Å². The Morgan fingerprint density at radius 3 is 2.71 bits per heavy atom. The third-order valence-corrected chi connectivity index (χ3v) is 3.81. The fourth-order valence-electron chi connectivity index (χ4n) is 2.62. The average Bonchev–Trinajstić information content (AvgIpc) is 3.25. The van der Waals surface area contributed by atoms with Gasteiger partial charge < -0.3 is 9.47 Å². The van der Waals surface area contributed by atoms with E-state index in [0.717, 1.165) is 12.8 Å². The number of para-hydroxylation sites is 2. The van der Waals surface area contributed by atoms with E-state index in [1.165, 1.54) is 0 Å². The maximum atomic E-state index is 12.7. The standard InChI is InChI=1S/C16H19NO4/c1-2-20-14-6-4-3-5-12(14)17(15(18)11-7-8-11)13-9-10-21-16(13)19/h3-6,11,13H,2,7-10H2,1H3. The van der Waals surface area contributed by atoms with Gasteiger partial charge in [-0.05, 0) is 31.9 Å². The molecule has 1 heterocycles. The zero-order chi connectivity index (χ0) is 14.8. The molecule has 0 spiro atoms. The fraction of sp³-hybridized carbons (Fsp3) is 0.500. The number of cyclic esters (lactones) is 1. The molecule has 1 saturated heterocycles. The smallest absolute Gasteiger partial charge is 0.329 e. The van der Waals surface area contributed by atoms with Crippen LogP contribution in [0.4, 0.5) is 5.69 Å². The highest BCUT2D eigenvalue weighted by Crippen LogP contribution is 2.38. The maximum Gasteiger partial charge on any atom is 0.329 e. The largest absolute Gasteiger partial charge is 0.492 e. The summed E-state index contributed by atoms with van der Waals surface area (Å²) in [5, 5.41) is 0. The summed E-state index contributed by atoms with van der Waals surface area (Å²) in [4.78, 5) is 26.2. The van der Waals surface area contributed by atoms with Gasteiger partial charge in [-0.15, -0.1) is 0 Å². The van der Waals surface area contributed by atoms with Crippen LogP contribution in [-0.2, 0) is 14.3 Å². The second-order valence-corrected chi connectivity index (χ2v) is 5.36. The Bertz CT molecular complexity index is 553. The molecule has 0 N–H and O–H groups in total. The molecule has 2 aliphatic rings. The van der Waals surface area contributed by atoms with Gasteiger partial charge in [0.2, 0.25) is 5.91 Å². The number of hydrogen-bond donors (Lipinski definition) is 0. The van der Waals surface area contributed by atoms with Crippen molar-refractivity contribution >= 4 is 17.6 Å². The number of rotatable bonds is 5. The van der Waals surface area contributed by atoms with Crippen LogP contribution in [0.15, 0.2) is 24.3 Å². The average molecular weight is 289 g/mol. The lowest BCUT2D eigenvalue weighted by molar-refractivity contribution is -0.140. The quantitative estimate of drug-likeness (QED) is 0.779. The first-order valence-corrected chi connectivity index (χ1v) is 7.44. The van der Waals surface area contributed by atoms with E-state index in [9.17, 15) is 9.59 Å². The van der Waals surface area contributed by atoms with Gasteiger partial charge in [0.25, 0.3) is 0 Å². The van der Waals surface area contributed by atoms with Crippen LogP contribution in [0.5, 0.6) is 5.75 Å². The van der Waals surface area contributed by atoms with Crippen LogP contribution in [0.3, 0.4) is 0 Å². The minimum atomic E-state index is -0.528. The lowest BCUT2D eigenvalue weighted by Crippen LogP contribution is -2.44. The predicted octanol–water partition coefficient (Wildman–Crippen LogP) is 2.14. The molecule has 5 nitrogen and oxygen atoms in total. The van der Waals surface area contributed by atoms with Crippen molar-refractivity contribution in [2.45, 2.75) is 32.2 Å². The van der Waals surface area contributed by atoms with Gasteiger partial charge >= 0.3 is 5.97 Å². The van der Waals surface area contributed by atoms with Gasteiger partial charge in [-0.1, -0.05) is 12.1 Å². The summed E-state index contributed by atoms with van der Waals surface area (Å²) in [7, 11) is 0. The van der Waals surface area contributed by atoms with Gasteiger partial charge in [0.15, 0.2) is 0 Å². The number of nitrogens with zero attached hydrogens (tertiary/aromatic N) is 1. The van der Waals surface area contributed by atoms with Crippen LogP contribution in [-0.4, -0.2) is 31.1 Å². The molecule has 2 fully saturated rings. The fourth-order valence-corrected chi connectivity index (χ4v) is 2.62. The van der Waals surface area contributed by atoms with Crippen molar-refractivity contribution < 1.29 is 19.1 Å². The Kier molecular flexibility index (Phi) is 3.82. The van der Waals surface area contributed by atoms with Crippen molar-refractivity contribution in [1.29, 1.82) is 0 Å². The minimum absolute atomic E-state index is 0.00556. The summed E-state index contributed by atoms with van der Waals surface area (Å²) >= 11 is 0. The van der Waals surface area contributed by atoms with Crippen molar-refractivity contribution in [3.8, 4) is 5.75 Å². The molecule has 0 bridgehead atoms. The van der Waals surface area contributed by atoms with Crippen LogP contribution in [0, 0.1) is 5.92 Å². The molecule has 1 aliphatic heterocycles. The third kappa shape index (κ3) is 2.73. The normalized spacial score (nSPS) is 21.0. The molecule has 3 rings (SSSR count). The highest BCUT2D eigenvalue weighted by atomic mass is 16.5. The van der Waals surface area contributed by atoms with Crippen LogP contribution in [0.1, 0.15) is 26.2 Å². The first kappa shape index (κ1) is 13.9. The summed E-state index contributed by atoms with van der Waals surface area (Å²) in [6, 6.07) is 6.84. The molecule has 0 aromatic heterocycles. The molecule has 1 aromatic rings. The summed E-state index contributed by atoms with van der Waals surface area (Å²) < 4.78 is 10.7. The minimum Gasteiger partial charge on any atom is -0.492 e. The molecular weight excluding hydrogens is 270 g/mol. The van der Waals surface area contributed by atoms with E-state index in [4.69, 9.17) is 9.47 Å². The van der Waals surface area contributed by atoms with Gasteiger partial charge in [-0.25, -0.2) is 4.79 Å². The summed E-state index contributed by atoms with van der Waals surface area (Å²) in [6.07, 6.45) is 2.33. The van der Waals surface area contributed by atoms with Crippen molar-refractivity contribution in [3.05, 3.63) is 24.3 Å². The zero-order valence-electron chi connectivity index (χ0n) is 12.1. The number of amides is 1. The van der Waals surface area contributed by atoms with E-state index in [-0.39, 0.29) is 17.8 Å². The zero-order valence-corrected chi connectivity index (χ0v) is 12.1. The number of hydrogen-bond acceptors (Lipinski definition) is 4. The Labute approximate surface area is 123 Å². The molecule has 1 aliphatic carbocycles. The number of anilines is 1. The van der Waals surface area contributed by atoms with Crippen molar-refractivity contribution in [1.82, 2.24) is 0 Å². The van der Waals surface area contributed by atoms with Crippen LogP contribution in [0.25, 0.3) is 0 Å². The molecule has 5 heteroatoms. The molecule has 1 saturated carbocycles. The van der Waals surface area contributed by atoms with Crippen molar-refractivity contribution in [3.63, 3.8) is 0 Å². The van der Waals surface area contributed by atoms with Gasteiger partial charge in [-0.3, -0.25) is 9.69 Å². The Hall–Kier alpha value is -2.04. The van der Waals surface area contributed by atoms with Gasteiger partial charge in [-0.2, -0.15) is 0 Å². The van der Waals surface area contributed by atoms with Gasteiger partial charge in [0.05, 0.1) is 18.9 Å². The molecular formula is C16H19NO4. The lowest BCUT2D eigenvalue weighted by atomic mass is 10.1. The van der Waals surface area contributed by atoms with Crippen LogP contribution >= 0.6 is 0 Å². The second-order valence-electron chi connectivity index (χ2n) is 5.36. The Balaban J connectivity index is 1.98. The molecule has 1 atom stereocenters. The van der Waals surface area contributed by atoms with E-state index in [1.807, 2.05) is 31.2 Å². The number of benzene rings is 1. The highest BCUT2D eigenvalue weighted by molar-refractivity contribution is 6.03. The van der Waals surface area contributed by atoms with Crippen molar-refractivity contribution in [2.24, 2.45) is 5.92 Å². The molecule has 0 radical (unpaired) electrons. The molecule has 1 amide bonds. The predicted molar refractivity (Wildman–Crippen MR) is 77.2 cm³/mol.